The molecule has 0 saturated heterocycles. The summed E-state index contributed by atoms with van der Waals surface area (Å²) in [5.41, 5.74) is 2.27. The molecule has 4 nitrogen and oxygen atoms in total. The third-order valence-corrected chi connectivity index (χ3v) is 3.64. The normalized spacial score (nSPS) is 10.5. The van der Waals surface area contributed by atoms with Crippen LogP contribution in [0.3, 0.4) is 0 Å². The zero-order chi connectivity index (χ0) is 17.4. The molecule has 0 bridgehead atoms. The Kier molecular flexibility index (Phi) is 6.67. The van der Waals surface area contributed by atoms with Gasteiger partial charge in [0.25, 0.3) is 5.91 Å². The Balaban J connectivity index is 1.74. The molecule has 1 amide bonds. The molecule has 0 aliphatic carbocycles. The lowest BCUT2D eigenvalue weighted by Crippen LogP contribution is -2.28. The number of benzene rings is 2. The molecule has 24 heavy (non-hydrogen) atoms. The van der Waals surface area contributed by atoms with E-state index in [1.807, 2.05) is 55.5 Å². The van der Waals surface area contributed by atoms with Crippen molar-refractivity contribution in [2.24, 2.45) is 0 Å². The highest BCUT2D eigenvalue weighted by Gasteiger charge is 2.04. The van der Waals surface area contributed by atoms with Crippen LogP contribution in [-0.4, -0.2) is 19.1 Å². The molecule has 0 radical (unpaired) electrons. The van der Waals surface area contributed by atoms with Gasteiger partial charge in [0.05, 0.1) is 6.61 Å². The first-order valence-electron chi connectivity index (χ1n) is 8.29. The van der Waals surface area contributed by atoms with Crippen molar-refractivity contribution >= 4 is 5.91 Å². The van der Waals surface area contributed by atoms with Gasteiger partial charge in [-0.1, -0.05) is 38.1 Å². The fourth-order valence-corrected chi connectivity index (χ4v) is 2.22. The first kappa shape index (κ1) is 17.9. The molecule has 2 aromatic carbocycles. The van der Waals surface area contributed by atoms with Gasteiger partial charge in [0, 0.05) is 6.54 Å². The van der Waals surface area contributed by atoms with Crippen LogP contribution < -0.4 is 14.8 Å². The fourth-order valence-electron chi connectivity index (χ4n) is 2.22. The van der Waals surface area contributed by atoms with Crippen molar-refractivity contribution in [3.63, 3.8) is 0 Å². The molecule has 0 fully saturated rings. The second-order valence-corrected chi connectivity index (χ2v) is 5.87. The predicted octanol–water partition coefficient (Wildman–Crippen LogP) is 3.90. The largest absolute Gasteiger partial charge is 0.494 e. The number of rotatable bonds is 8. The molecule has 0 saturated carbocycles. The molecule has 0 heterocycles. The van der Waals surface area contributed by atoms with Crippen molar-refractivity contribution in [3.8, 4) is 11.5 Å². The number of carbonyl (C=O) groups excluding carboxylic acids is 1. The van der Waals surface area contributed by atoms with Gasteiger partial charge in [-0.2, -0.15) is 0 Å². The van der Waals surface area contributed by atoms with Gasteiger partial charge < -0.3 is 14.8 Å². The van der Waals surface area contributed by atoms with Gasteiger partial charge in [-0.15, -0.1) is 0 Å². The first-order chi connectivity index (χ1) is 11.6. The molecule has 0 atom stereocenters. The van der Waals surface area contributed by atoms with E-state index in [0.29, 0.717) is 24.8 Å². The van der Waals surface area contributed by atoms with E-state index >= 15 is 0 Å². The molecule has 2 aromatic rings. The Morgan fingerprint density at radius 2 is 1.54 bits per heavy atom. The summed E-state index contributed by atoms with van der Waals surface area (Å²) in [6, 6.07) is 15.5. The molecule has 1 N–H and O–H groups in total. The second-order valence-electron chi connectivity index (χ2n) is 5.87. The Hall–Kier alpha value is -2.49. The second kappa shape index (κ2) is 8.96. The van der Waals surface area contributed by atoms with Crippen LogP contribution in [-0.2, 0) is 11.3 Å². The topological polar surface area (TPSA) is 47.6 Å². The third kappa shape index (κ3) is 5.61. The maximum absolute atomic E-state index is 11.9. The van der Waals surface area contributed by atoms with Crippen molar-refractivity contribution in [1.29, 1.82) is 0 Å². The minimum Gasteiger partial charge on any atom is -0.494 e. The van der Waals surface area contributed by atoms with Crippen LogP contribution in [0.1, 0.15) is 37.8 Å². The van der Waals surface area contributed by atoms with E-state index in [-0.39, 0.29) is 12.5 Å². The zero-order valence-corrected chi connectivity index (χ0v) is 14.5. The third-order valence-electron chi connectivity index (χ3n) is 3.64. The van der Waals surface area contributed by atoms with Gasteiger partial charge in [0.15, 0.2) is 6.61 Å². The smallest absolute Gasteiger partial charge is 0.258 e. The van der Waals surface area contributed by atoms with Crippen LogP contribution >= 0.6 is 0 Å². The van der Waals surface area contributed by atoms with E-state index < -0.39 is 0 Å². The Bertz CT molecular complexity index is 633. The molecular weight excluding hydrogens is 302 g/mol. The monoisotopic (exact) mass is 327 g/mol. The van der Waals surface area contributed by atoms with Crippen molar-refractivity contribution in [3.05, 3.63) is 59.7 Å². The molecule has 0 aliphatic rings. The average Bonchev–Trinajstić information content (AvgIpc) is 2.60. The van der Waals surface area contributed by atoms with E-state index in [2.05, 4.69) is 19.2 Å². The fraction of sp³-hybridized carbons (Fsp3) is 0.350. The maximum Gasteiger partial charge on any atom is 0.258 e. The summed E-state index contributed by atoms with van der Waals surface area (Å²) in [5.74, 6) is 1.88. The first-order valence-corrected chi connectivity index (χ1v) is 8.29. The summed E-state index contributed by atoms with van der Waals surface area (Å²) in [4.78, 5) is 11.9. The van der Waals surface area contributed by atoms with Crippen molar-refractivity contribution < 1.29 is 14.3 Å². The van der Waals surface area contributed by atoms with E-state index in [1.54, 1.807) is 0 Å². The number of hydrogen-bond acceptors (Lipinski definition) is 3. The number of hydrogen-bond donors (Lipinski definition) is 1. The minimum atomic E-state index is -0.142. The lowest BCUT2D eigenvalue weighted by atomic mass is 10.0. The maximum atomic E-state index is 11.9. The van der Waals surface area contributed by atoms with Crippen LogP contribution in [0, 0.1) is 0 Å². The highest BCUT2D eigenvalue weighted by Crippen LogP contribution is 2.18. The van der Waals surface area contributed by atoms with Crippen molar-refractivity contribution in [2.75, 3.05) is 13.2 Å². The molecule has 4 heteroatoms. The van der Waals surface area contributed by atoms with Crippen molar-refractivity contribution in [2.45, 2.75) is 33.2 Å². The summed E-state index contributed by atoms with van der Waals surface area (Å²) in [5, 5.41) is 2.85. The molecule has 128 valence electrons. The van der Waals surface area contributed by atoms with E-state index in [9.17, 15) is 4.79 Å². The quantitative estimate of drug-likeness (QED) is 0.800. The van der Waals surface area contributed by atoms with Gasteiger partial charge in [-0.25, -0.2) is 0 Å². The number of nitrogens with one attached hydrogen (secondary N) is 1. The lowest BCUT2D eigenvalue weighted by Gasteiger charge is -2.10. The van der Waals surface area contributed by atoms with Crippen LogP contribution in [0.2, 0.25) is 0 Å². The molecule has 0 aromatic heterocycles. The van der Waals surface area contributed by atoms with Gasteiger partial charge in [-0.3, -0.25) is 4.79 Å². The molecular formula is C20H25NO3. The number of carbonyl (C=O) groups is 1. The summed E-state index contributed by atoms with van der Waals surface area (Å²) in [6.07, 6.45) is 0. The highest BCUT2D eigenvalue weighted by atomic mass is 16.5. The minimum absolute atomic E-state index is 0.0120. The summed E-state index contributed by atoms with van der Waals surface area (Å²) < 4.78 is 10.9. The van der Waals surface area contributed by atoms with E-state index in [0.717, 1.165) is 11.3 Å². The van der Waals surface area contributed by atoms with Gasteiger partial charge in [0.2, 0.25) is 0 Å². The van der Waals surface area contributed by atoms with Crippen LogP contribution in [0.15, 0.2) is 48.5 Å². The molecule has 0 aliphatic heterocycles. The Labute approximate surface area is 143 Å². The van der Waals surface area contributed by atoms with Crippen LogP contribution in [0.25, 0.3) is 0 Å². The molecule has 2 rings (SSSR count). The van der Waals surface area contributed by atoms with E-state index in [1.165, 1.54) is 5.56 Å². The summed E-state index contributed by atoms with van der Waals surface area (Å²) in [6.45, 7) is 7.36. The van der Waals surface area contributed by atoms with E-state index in [4.69, 9.17) is 9.47 Å². The predicted molar refractivity (Wildman–Crippen MR) is 95.5 cm³/mol. The summed E-state index contributed by atoms with van der Waals surface area (Å²) in [7, 11) is 0. The van der Waals surface area contributed by atoms with Crippen LogP contribution in [0.5, 0.6) is 11.5 Å². The number of amides is 1. The molecule has 0 unspecified atom stereocenters. The average molecular weight is 327 g/mol. The van der Waals surface area contributed by atoms with Crippen molar-refractivity contribution in [1.82, 2.24) is 5.32 Å². The SMILES string of the molecule is CCOc1ccc(CNC(=O)COc2ccc(C(C)C)cc2)cc1. The Morgan fingerprint density at radius 3 is 2.12 bits per heavy atom. The number of ether oxygens (including phenoxy) is 2. The van der Waals surface area contributed by atoms with Gasteiger partial charge >= 0.3 is 0 Å². The van der Waals surface area contributed by atoms with Gasteiger partial charge in [-0.05, 0) is 48.2 Å². The summed E-state index contributed by atoms with van der Waals surface area (Å²) >= 11 is 0. The Morgan fingerprint density at radius 1 is 0.958 bits per heavy atom. The highest BCUT2D eigenvalue weighted by molar-refractivity contribution is 5.77. The zero-order valence-electron chi connectivity index (χ0n) is 14.5. The molecule has 0 spiro atoms. The standard InChI is InChI=1S/C20H25NO3/c1-4-23-18-9-5-16(6-10-18)13-21-20(22)14-24-19-11-7-17(8-12-19)15(2)3/h5-12,15H,4,13-14H2,1-3H3,(H,21,22). The lowest BCUT2D eigenvalue weighted by molar-refractivity contribution is -0.123. The van der Waals surface area contributed by atoms with Crippen LogP contribution in [0.4, 0.5) is 0 Å². The van der Waals surface area contributed by atoms with Gasteiger partial charge in [0.1, 0.15) is 11.5 Å².